The van der Waals surface area contributed by atoms with E-state index < -0.39 is 10.0 Å². The Hall–Kier alpha value is -0.390. The van der Waals surface area contributed by atoms with E-state index in [2.05, 4.69) is 11.9 Å². The molecule has 0 unspecified atom stereocenters. The van der Waals surface area contributed by atoms with Gasteiger partial charge in [-0.05, 0) is 24.9 Å². The maximum absolute atomic E-state index is 11.7. The number of hydrogen-bond acceptors (Lipinski definition) is 3. The van der Waals surface area contributed by atoms with E-state index in [9.17, 15) is 8.42 Å². The first-order valence-corrected chi connectivity index (χ1v) is 6.54. The van der Waals surface area contributed by atoms with Gasteiger partial charge in [0, 0.05) is 13.1 Å². The summed E-state index contributed by atoms with van der Waals surface area (Å²) < 4.78 is 25.0. The van der Waals surface area contributed by atoms with Gasteiger partial charge in [0.1, 0.15) is 0 Å². The van der Waals surface area contributed by atoms with Gasteiger partial charge in [-0.25, -0.2) is 12.7 Å². The summed E-state index contributed by atoms with van der Waals surface area (Å²) in [5.74, 6) is 1.11. The van der Waals surface area contributed by atoms with Gasteiger partial charge in [0.05, 0.1) is 5.75 Å². The Morgan fingerprint density at radius 1 is 1.36 bits per heavy atom. The smallest absolute Gasteiger partial charge is 0.217 e. The van der Waals surface area contributed by atoms with Crippen molar-refractivity contribution < 1.29 is 8.42 Å². The normalized spacial score (nSPS) is 33.1. The van der Waals surface area contributed by atoms with E-state index in [-0.39, 0.29) is 5.75 Å². The molecule has 2 heterocycles. The van der Waals surface area contributed by atoms with Crippen LogP contribution in [0.4, 0.5) is 0 Å². The molecular formula is C9H16N2O2S. The van der Waals surface area contributed by atoms with Crippen molar-refractivity contribution in [2.45, 2.75) is 0 Å². The third-order valence-electron chi connectivity index (χ3n) is 3.08. The Balaban J connectivity index is 2.05. The molecule has 2 saturated heterocycles. The van der Waals surface area contributed by atoms with Crippen molar-refractivity contribution in [3.8, 4) is 0 Å². The van der Waals surface area contributed by atoms with Gasteiger partial charge in [0.2, 0.25) is 10.0 Å². The highest BCUT2D eigenvalue weighted by Gasteiger charge is 2.40. The first kappa shape index (κ1) is 10.1. The second-order valence-corrected chi connectivity index (χ2v) is 6.08. The van der Waals surface area contributed by atoms with Gasteiger partial charge in [0.15, 0.2) is 0 Å². The molecule has 2 fully saturated rings. The quantitative estimate of drug-likeness (QED) is 0.656. The lowest BCUT2D eigenvalue weighted by atomic mass is 10.0. The van der Waals surface area contributed by atoms with Crippen LogP contribution in [0.5, 0.6) is 0 Å². The summed E-state index contributed by atoms with van der Waals surface area (Å²) in [7, 11) is -3.06. The molecule has 0 saturated carbocycles. The van der Waals surface area contributed by atoms with Crippen molar-refractivity contribution in [2.75, 3.05) is 31.9 Å². The van der Waals surface area contributed by atoms with Crippen LogP contribution >= 0.6 is 0 Å². The average molecular weight is 216 g/mol. The van der Waals surface area contributed by atoms with Gasteiger partial charge < -0.3 is 5.32 Å². The molecule has 0 spiro atoms. The highest BCUT2D eigenvalue weighted by Crippen LogP contribution is 2.28. The van der Waals surface area contributed by atoms with Crippen molar-refractivity contribution in [1.29, 1.82) is 0 Å². The van der Waals surface area contributed by atoms with E-state index >= 15 is 0 Å². The third-order valence-corrected chi connectivity index (χ3v) is 4.82. The van der Waals surface area contributed by atoms with Crippen LogP contribution in [0.25, 0.3) is 0 Å². The first-order chi connectivity index (χ1) is 6.63. The molecule has 1 N–H and O–H groups in total. The van der Waals surface area contributed by atoms with Crippen LogP contribution in [0.15, 0.2) is 12.7 Å². The van der Waals surface area contributed by atoms with Crippen molar-refractivity contribution in [1.82, 2.24) is 9.62 Å². The summed E-state index contributed by atoms with van der Waals surface area (Å²) in [4.78, 5) is 0. The predicted octanol–water partition coefficient (Wildman–Crippen LogP) is -0.347. The van der Waals surface area contributed by atoms with Gasteiger partial charge in [-0.1, -0.05) is 6.08 Å². The minimum atomic E-state index is -3.06. The minimum absolute atomic E-state index is 0.0693. The molecule has 2 rings (SSSR count). The fourth-order valence-corrected chi connectivity index (χ4v) is 3.64. The summed E-state index contributed by atoms with van der Waals surface area (Å²) in [6.45, 7) is 6.77. The van der Waals surface area contributed by atoms with Gasteiger partial charge in [-0.15, -0.1) is 6.58 Å². The topological polar surface area (TPSA) is 49.4 Å². The number of nitrogens with one attached hydrogen (secondary N) is 1. The van der Waals surface area contributed by atoms with Crippen LogP contribution in [0.2, 0.25) is 0 Å². The molecule has 14 heavy (non-hydrogen) atoms. The zero-order valence-electron chi connectivity index (χ0n) is 8.15. The number of nitrogens with zero attached hydrogens (tertiary/aromatic N) is 1. The van der Waals surface area contributed by atoms with E-state index in [1.165, 1.54) is 6.08 Å². The molecule has 2 atom stereocenters. The van der Waals surface area contributed by atoms with E-state index in [1.807, 2.05) is 0 Å². The molecule has 2 aliphatic heterocycles. The standard InChI is InChI=1S/C9H16N2O2S/c1-2-3-14(12,13)11-6-8-4-10-5-9(8)7-11/h2,8-10H,1,3-7H2/t8-,9+. The summed E-state index contributed by atoms with van der Waals surface area (Å²) in [5, 5.41) is 3.29. The molecule has 0 aliphatic carbocycles. The Kier molecular flexibility index (Phi) is 2.64. The highest BCUT2D eigenvalue weighted by molar-refractivity contribution is 7.89. The summed E-state index contributed by atoms with van der Waals surface area (Å²) in [6, 6.07) is 0. The molecule has 4 nitrogen and oxygen atoms in total. The number of rotatable bonds is 3. The summed E-state index contributed by atoms with van der Waals surface area (Å²) in [6.07, 6.45) is 1.46. The van der Waals surface area contributed by atoms with Crippen molar-refractivity contribution in [3.63, 3.8) is 0 Å². The molecular weight excluding hydrogens is 200 g/mol. The van der Waals surface area contributed by atoms with E-state index in [0.717, 1.165) is 13.1 Å². The Labute approximate surface area is 85.0 Å². The molecule has 5 heteroatoms. The lowest BCUT2D eigenvalue weighted by Crippen LogP contribution is -2.33. The lowest BCUT2D eigenvalue weighted by Gasteiger charge is -2.15. The predicted molar refractivity (Wildman–Crippen MR) is 55.4 cm³/mol. The van der Waals surface area contributed by atoms with Crippen LogP contribution in [0.1, 0.15) is 0 Å². The molecule has 0 amide bonds. The largest absolute Gasteiger partial charge is 0.316 e. The molecule has 0 aromatic heterocycles. The van der Waals surface area contributed by atoms with Gasteiger partial charge in [0.25, 0.3) is 0 Å². The molecule has 2 aliphatic rings. The minimum Gasteiger partial charge on any atom is -0.316 e. The Bertz CT molecular complexity index is 314. The SMILES string of the molecule is C=CCS(=O)(=O)N1C[C@H]2CNC[C@H]2C1. The second-order valence-electron chi connectivity index (χ2n) is 4.06. The maximum Gasteiger partial charge on any atom is 0.217 e. The number of hydrogen-bond donors (Lipinski definition) is 1. The van der Waals surface area contributed by atoms with Crippen LogP contribution in [-0.2, 0) is 10.0 Å². The van der Waals surface area contributed by atoms with Crippen molar-refractivity contribution >= 4 is 10.0 Å². The van der Waals surface area contributed by atoms with Crippen LogP contribution in [0, 0.1) is 11.8 Å². The molecule has 0 aromatic rings. The van der Waals surface area contributed by atoms with Crippen molar-refractivity contribution in [3.05, 3.63) is 12.7 Å². The van der Waals surface area contributed by atoms with Crippen LogP contribution < -0.4 is 5.32 Å². The lowest BCUT2D eigenvalue weighted by molar-refractivity contribution is 0.450. The number of sulfonamides is 1. The summed E-state index contributed by atoms with van der Waals surface area (Å²) in [5.41, 5.74) is 0. The molecule has 0 aromatic carbocycles. The van der Waals surface area contributed by atoms with E-state index in [0.29, 0.717) is 24.9 Å². The summed E-state index contributed by atoms with van der Waals surface area (Å²) >= 11 is 0. The number of fused-ring (bicyclic) bond motifs is 1. The van der Waals surface area contributed by atoms with Gasteiger partial charge in [-0.2, -0.15) is 0 Å². The highest BCUT2D eigenvalue weighted by atomic mass is 32.2. The van der Waals surface area contributed by atoms with Crippen LogP contribution in [0.3, 0.4) is 0 Å². The van der Waals surface area contributed by atoms with Crippen LogP contribution in [-0.4, -0.2) is 44.7 Å². The van der Waals surface area contributed by atoms with E-state index in [4.69, 9.17) is 0 Å². The third kappa shape index (κ3) is 1.71. The second kappa shape index (κ2) is 3.64. The monoisotopic (exact) mass is 216 g/mol. The first-order valence-electron chi connectivity index (χ1n) is 4.93. The zero-order valence-corrected chi connectivity index (χ0v) is 8.96. The molecule has 0 radical (unpaired) electrons. The zero-order chi connectivity index (χ0) is 10.2. The van der Waals surface area contributed by atoms with Crippen molar-refractivity contribution in [2.24, 2.45) is 11.8 Å². The van der Waals surface area contributed by atoms with Gasteiger partial charge in [-0.3, -0.25) is 0 Å². The Morgan fingerprint density at radius 3 is 2.43 bits per heavy atom. The molecule has 80 valence electrons. The fraction of sp³-hybridized carbons (Fsp3) is 0.778. The fourth-order valence-electron chi connectivity index (χ4n) is 2.29. The maximum atomic E-state index is 11.7. The van der Waals surface area contributed by atoms with Gasteiger partial charge >= 0.3 is 0 Å². The molecule has 0 bridgehead atoms. The average Bonchev–Trinajstić information content (AvgIpc) is 2.60. The Morgan fingerprint density at radius 2 is 1.93 bits per heavy atom. The van der Waals surface area contributed by atoms with E-state index in [1.54, 1.807) is 4.31 Å².